The fourth-order valence-electron chi connectivity index (χ4n) is 1.05. The van der Waals surface area contributed by atoms with E-state index in [0.29, 0.717) is 5.69 Å². The van der Waals surface area contributed by atoms with Crippen molar-refractivity contribution in [3.8, 4) is 5.75 Å². The number of hydrogen-bond donors (Lipinski definition) is 2. The average molecular weight is 182 g/mol. The zero-order valence-corrected chi connectivity index (χ0v) is 7.37. The summed E-state index contributed by atoms with van der Waals surface area (Å²) in [5.41, 5.74) is 6.23. The number of ether oxygens (including phenoxy) is 1. The minimum Gasteiger partial charge on any atom is -0.492 e. The maximum atomic E-state index is 10.7. The van der Waals surface area contributed by atoms with E-state index in [1.165, 1.54) is 7.11 Å². The highest BCUT2D eigenvalue weighted by molar-refractivity contribution is 5.90. The monoisotopic (exact) mass is 182 g/mol. The molecule has 3 N–H and O–H groups in total. The fraction of sp³-hybridized carbons (Fsp3) is 0.250. The van der Waals surface area contributed by atoms with Crippen LogP contribution in [0.25, 0.3) is 0 Å². The minimum absolute atomic E-state index is 0.109. The number of aryl methyl sites for hydroxylation is 1. The quantitative estimate of drug-likeness (QED) is 0.702. The van der Waals surface area contributed by atoms with E-state index in [1.54, 1.807) is 13.0 Å². The van der Waals surface area contributed by atoms with Gasteiger partial charge in [0.15, 0.2) is 11.4 Å². The molecule has 1 aromatic rings. The molecule has 1 aromatic heterocycles. The third-order valence-electron chi connectivity index (χ3n) is 1.54. The molecule has 0 fully saturated rings. The molecule has 5 heteroatoms. The Kier molecular flexibility index (Phi) is 2.36. The van der Waals surface area contributed by atoms with Crippen molar-refractivity contribution in [1.29, 1.82) is 0 Å². The van der Waals surface area contributed by atoms with Crippen molar-refractivity contribution in [3.05, 3.63) is 17.5 Å². The summed E-state index contributed by atoms with van der Waals surface area (Å²) in [7, 11) is 1.36. The van der Waals surface area contributed by atoms with Gasteiger partial charge in [-0.3, -0.25) is 0 Å². The Morgan fingerprint density at radius 2 is 2.31 bits per heavy atom. The van der Waals surface area contributed by atoms with E-state index in [9.17, 15) is 4.79 Å². The molecule has 0 radical (unpaired) electrons. The summed E-state index contributed by atoms with van der Waals surface area (Å²) < 4.78 is 4.82. The Bertz CT molecular complexity index is 349. The number of carbonyl (C=O) groups is 1. The Labute approximate surface area is 75.2 Å². The molecular weight excluding hydrogens is 172 g/mol. The van der Waals surface area contributed by atoms with E-state index in [0.717, 1.165) is 0 Å². The number of rotatable bonds is 2. The standard InChI is InChI=1S/C8H10N2O3/c1-4-3-5(9)7(13-2)6(10-4)8(11)12/h3H,1-2H3,(H2,9,10)(H,11,12). The molecule has 0 saturated heterocycles. The summed E-state index contributed by atoms with van der Waals surface area (Å²) in [6, 6.07) is 1.56. The van der Waals surface area contributed by atoms with Crippen LogP contribution < -0.4 is 10.5 Å². The summed E-state index contributed by atoms with van der Waals surface area (Å²) in [6.07, 6.45) is 0. The number of pyridine rings is 1. The van der Waals surface area contributed by atoms with Crippen LogP contribution in [0.5, 0.6) is 5.75 Å². The number of nitrogens with zero attached hydrogens (tertiary/aromatic N) is 1. The second-order valence-electron chi connectivity index (χ2n) is 2.54. The summed E-state index contributed by atoms with van der Waals surface area (Å²) in [5, 5.41) is 8.75. The van der Waals surface area contributed by atoms with Gasteiger partial charge in [0.1, 0.15) is 0 Å². The molecule has 1 rings (SSSR count). The zero-order valence-electron chi connectivity index (χ0n) is 7.37. The average Bonchev–Trinajstić information content (AvgIpc) is 2.02. The van der Waals surface area contributed by atoms with Crippen LogP contribution in [-0.2, 0) is 0 Å². The predicted molar refractivity (Wildman–Crippen MR) is 46.9 cm³/mol. The molecule has 0 aliphatic carbocycles. The molecule has 5 nitrogen and oxygen atoms in total. The smallest absolute Gasteiger partial charge is 0.358 e. The normalized spacial score (nSPS) is 9.69. The van der Waals surface area contributed by atoms with Crippen LogP contribution >= 0.6 is 0 Å². The Hall–Kier alpha value is -1.78. The molecule has 0 spiro atoms. The van der Waals surface area contributed by atoms with Gasteiger partial charge in [-0.2, -0.15) is 0 Å². The first-order valence-corrected chi connectivity index (χ1v) is 3.60. The van der Waals surface area contributed by atoms with E-state index in [-0.39, 0.29) is 17.1 Å². The summed E-state index contributed by atoms with van der Waals surface area (Å²) in [5.74, 6) is -1.04. The third kappa shape index (κ3) is 1.69. The number of carboxylic acids is 1. The Morgan fingerprint density at radius 3 is 2.77 bits per heavy atom. The summed E-state index contributed by atoms with van der Waals surface area (Å²) >= 11 is 0. The third-order valence-corrected chi connectivity index (χ3v) is 1.54. The lowest BCUT2D eigenvalue weighted by molar-refractivity contribution is 0.0686. The van der Waals surface area contributed by atoms with Crippen molar-refractivity contribution in [2.24, 2.45) is 0 Å². The second-order valence-corrected chi connectivity index (χ2v) is 2.54. The highest BCUT2D eigenvalue weighted by atomic mass is 16.5. The first-order valence-electron chi connectivity index (χ1n) is 3.60. The number of aromatic nitrogens is 1. The van der Waals surface area contributed by atoms with Crippen molar-refractivity contribution in [2.45, 2.75) is 6.92 Å². The molecule has 0 amide bonds. The van der Waals surface area contributed by atoms with Gasteiger partial charge in [-0.05, 0) is 13.0 Å². The lowest BCUT2D eigenvalue weighted by Gasteiger charge is -2.07. The highest BCUT2D eigenvalue weighted by Crippen LogP contribution is 2.25. The first-order chi connectivity index (χ1) is 6.06. The number of hydrogen-bond acceptors (Lipinski definition) is 4. The van der Waals surface area contributed by atoms with Gasteiger partial charge in [-0.1, -0.05) is 0 Å². The van der Waals surface area contributed by atoms with Gasteiger partial charge in [0, 0.05) is 5.69 Å². The van der Waals surface area contributed by atoms with Gasteiger partial charge >= 0.3 is 5.97 Å². The Morgan fingerprint density at radius 1 is 1.69 bits per heavy atom. The molecular formula is C8H10N2O3. The summed E-state index contributed by atoms with van der Waals surface area (Å²) in [6.45, 7) is 1.67. The van der Waals surface area contributed by atoms with Crippen molar-refractivity contribution in [1.82, 2.24) is 4.98 Å². The second kappa shape index (κ2) is 3.30. The van der Waals surface area contributed by atoms with Crippen LogP contribution in [-0.4, -0.2) is 23.2 Å². The van der Waals surface area contributed by atoms with E-state index in [4.69, 9.17) is 15.6 Å². The number of methoxy groups -OCH3 is 1. The van der Waals surface area contributed by atoms with Crippen LogP contribution in [0.3, 0.4) is 0 Å². The minimum atomic E-state index is -1.15. The molecule has 0 saturated carbocycles. The molecule has 0 aromatic carbocycles. The first kappa shape index (κ1) is 9.31. The van der Waals surface area contributed by atoms with Gasteiger partial charge in [0.05, 0.1) is 12.8 Å². The highest BCUT2D eigenvalue weighted by Gasteiger charge is 2.15. The van der Waals surface area contributed by atoms with E-state index in [2.05, 4.69) is 4.98 Å². The van der Waals surface area contributed by atoms with Crippen molar-refractivity contribution in [3.63, 3.8) is 0 Å². The van der Waals surface area contributed by atoms with E-state index >= 15 is 0 Å². The number of carboxylic acid groups (broad SMARTS) is 1. The Balaban J connectivity index is 3.38. The predicted octanol–water partition coefficient (Wildman–Crippen LogP) is 0.679. The van der Waals surface area contributed by atoms with E-state index < -0.39 is 5.97 Å². The van der Waals surface area contributed by atoms with E-state index in [1.807, 2.05) is 0 Å². The maximum absolute atomic E-state index is 10.7. The van der Waals surface area contributed by atoms with Gasteiger partial charge in [-0.25, -0.2) is 9.78 Å². The largest absolute Gasteiger partial charge is 0.492 e. The molecule has 0 aliphatic heterocycles. The van der Waals surface area contributed by atoms with Crippen molar-refractivity contribution in [2.75, 3.05) is 12.8 Å². The topological polar surface area (TPSA) is 85.4 Å². The molecule has 0 unspecified atom stereocenters. The maximum Gasteiger partial charge on any atom is 0.358 e. The van der Waals surface area contributed by atoms with Crippen molar-refractivity contribution < 1.29 is 14.6 Å². The number of aromatic carboxylic acids is 1. The lowest BCUT2D eigenvalue weighted by atomic mass is 10.2. The molecule has 70 valence electrons. The van der Waals surface area contributed by atoms with Crippen LogP contribution in [0.2, 0.25) is 0 Å². The summed E-state index contributed by atoms with van der Waals surface area (Å²) in [4.78, 5) is 14.5. The van der Waals surface area contributed by atoms with Crippen LogP contribution in [0.15, 0.2) is 6.07 Å². The SMILES string of the molecule is COc1c(N)cc(C)nc1C(=O)O. The van der Waals surface area contributed by atoms with Gasteiger partial charge in [0.2, 0.25) is 0 Å². The van der Waals surface area contributed by atoms with Crippen molar-refractivity contribution >= 4 is 11.7 Å². The number of anilines is 1. The molecule has 1 heterocycles. The molecule has 0 bridgehead atoms. The van der Waals surface area contributed by atoms with Crippen LogP contribution in [0.1, 0.15) is 16.2 Å². The molecule has 0 atom stereocenters. The lowest BCUT2D eigenvalue weighted by Crippen LogP contribution is -2.07. The van der Waals surface area contributed by atoms with Crippen LogP contribution in [0, 0.1) is 6.92 Å². The number of nitrogens with two attached hydrogens (primary N) is 1. The van der Waals surface area contributed by atoms with Gasteiger partial charge in [-0.15, -0.1) is 0 Å². The zero-order chi connectivity index (χ0) is 10.0. The number of nitrogen functional groups attached to an aromatic ring is 1. The molecule has 13 heavy (non-hydrogen) atoms. The molecule has 0 aliphatic rings. The fourth-order valence-corrected chi connectivity index (χ4v) is 1.05. The van der Waals surface area contributed by atoms with Gasteiger partial charge < -0.3 is 15.6 Å². The van der Waals surface area contributed by atoms with Gasteiger partial charge in [0.25, 0.3) is 0 Å². The van der Waals surface area contributed by atoms with Crippen LogP contribution in [0.4, 0.5) is 5.69 Å².